The molecule has 2 heterocycles. The van der Waals surface area contributed by atoms with Crippen molar-refractivity contribution in [2.45, 2.75) is 18.9 Å². The van der Waals surface area contributed by atoms with Crippen LogP contribution in [0.1, 0.15) is 23.3 Å². The number of pyridine rings is 1. The number of piperidine rings is 1. The number of hydrogen-bond donors (Lipinski definition) is 2. The molecule has 0 spiro atoms. The monoisotopic (exact) mass is 262 g/mol. The standard InChI is InChI=1S/C13H18N4O2/c14-12(18)9-17(10-4-7-15-8-5-10)13(19)11-3-1-2-6-16-11/h1-3,6,10,15H,4-5,7-9H2,(H2,14,18). The zero-order valence-electron chi connectivity index (χ0n) is 10.7. The Morgan fingerprint density at radius 1 is 1.37 bits per heavy atom. The summed E-state index contributed by atoms with van der Waals surface area (Å²) in [5, 5.41) is 3.23. The number of amides is 2. The molecule has 1 fully saturated rings. The van der Waals surface area contributed by atoms with E-state index in [-0.39, 0.29) is 18.5 Å². The quantitative estimate of drug-likeness (QED) is 0.784. The van der Waals surface area contributed by atoms with Gasteiger partial charge in [0.1, 0.15) is 5.69 Å². The molecule has 0 unspecified atom stereocenters. The lowest BCUT2D eigenvalue weighted by atomic mass is 10.0. The Labute approximate surface area is 112 Å². The molecule has 1 aliphatic heterocycles. The zero-order chi connectivity index (χ0) is 13.7. The van der Waals surface area contributed by atoms with E-state index >= 15 is 0 Å². The van der Waals surface area contributed by atoms with Gasteiger partial charge in [-0.05, 0) is 38.1 Å². The van der Waals surface area contributed by atoms with Gasteiger partial charge >= 0.3 is 0 Å². The minimum absolute atomic E-state index is 0.0447. The van der Waals surface area contributed by atoms with Crippen molar-refractivity contribution < 1.29 is 9.59 Å². The van der Waals surface area contributed by atoms with Crippen molar-refractivity contribution in [1.29, 1.82) is 0 Å². The first kappa shape index (κ1) is 13.5. The second-order valence-electron chi connectivity index (χ2n) is 4.60. The van der Waals surface area contributed by atoms with Crippen LogP contribution >= 0.6 is 0 Å². The number of nitrogens with one attached hydrogen (secondary N) is 1. The van der Waals surface area contributed by atoms with E-state index in [2.05, 4.69) is 10.3 Å². The third-order valence-electron chi connectivity index (χ3n) is 3.22. The van der Waals surface area contributed by atoms with Gasteiger partial charge in [-0.25, -0.2) is 0 Å². The van der Waals surface area contributed by atoms with Gasteiger partial charge in [-0.3, -0.25) is 14.6 Å². The smallest absolute Gasteiger partial charge is 0.273 e. The van der Waals surface area contributed by atoms with Crippen LogP contribution in [-0.2, 0) is 4.79 Å². The molecule has 6 heteroatoms. The largest absolute Gasteiger partial charge is 0.368 e. The van der Waals surface area contributed by atoms with Gasteiger partial charge in [0, 0.05) is 12.2 Å². The zero-order valence-corrected chi connectivity index (χ0v) is 10.7. The van der Waals surface area contributed by atoms with Crippen LogP contribution in [0.4, 0.5) is 0 Å². The predicted octanol–water partition coefficient (Wildman–Crippen LogP) is -0.239. The molecule has 3 N–H and O–H groups in total. The lowest BCUT2D eigenvalue weighted by Gasteiger charge is -2.33. The van der Waals surface area contributed by atoms with E-state index in [0.29, 0.717) is 5.69 Å². The summed E-state index contributed by atoms with van der Waals surface area (Å²) in [4.78, 5) is 29.2. The maximum atomic E-state index is 12.4. The normalized spacial score (nSPS) is 16.0. The first-order chi connectivity index (χ1) is 9.18. The van der Waals surface area contributed by atoms with Gasteiger partial charge in [0.05, 0.1) is 6.54 Å². The molecule has 1 saturated heterocycles. The highest BCUT2D eigenvalue weighted by atomic mass is 16.2. The first-order valence-electron chi connectivity index (χ1n) is 6.39. The lowest BCUT2D eigenvalue weighted by molar-refractivity contribution is -0.119. The highest BCUT2D eigenvalue weighted by Crippen LogP contribution is 2.14. The Hall–Kier alpha value is -1.95. The van der Waals surface area contributed by atoms with E-state index in [4.69, 9.17) is 5.73 Å². The third-order valence-corrected chi connectivity index (χ3v) is 3.22. The fourth-order valence-electron chi connectivity index (χ4n) is 2.29. The minimum Gasteiger partial charge on any atom is -0.368 e. The summed E-state index contributed by atoms with van der Waals surface area (Å²) in [5.41, 5.74) is 5.60. The average Bonchev–Trinajstić information content (AvgIpc) is 2.46. The number of aromatic nitrogens is 1. The summed E-state index contributed by atoms with van der Waals surface area (Å²) in [5.74, 6) is -0.728. The second kappa shape index (κ2) is 6.29. The van der Waals surface area contributed by atoms with Gasteiger partial charge in [-0.15, -0.1) is 0 Å². The Morgan fingerprint density at radius 3 is 2.68 bits per heavy atom. The highest BCUT2D eigenvalue weighted by Gasteiger charge is 2.27. The molecule has 1 aliphatic rings. The van der Waals surface area contributed by atoms with E-state index in [9.17, 15) is 9.59 Å². The Morgan fingerprint density at radius 2 is 2.11 bits per heavy atom. The van der Waals surface area contributed by atoms with Gasteiger partial charge in [0.15, 0.2) is 0 Å². The predicted molar refractivity (Wildman–Crippen MR) is 70.4 cm³/mol. The molecule has 0 saturated carbocycles. The Balaban J connectivity index is 2.16. The molecule has 0 radical (unpaired) electrons. The molecule has 0 atom stereocenters. The van der Waals surface area contributed by atoms with Crippen molar-refractivity contribution in [2.24, 2.45) is 5.73 Å². The number of carbonyl (C=O) groups excluding carboxylic acids is 2. The summed E-state index contributed by atoms with van der Waals surface area (Å²) in [6.07, 6.45) is 3.22. The lowest BCUT2D eigenvalue weighted by Crippen LogP contribution is -2.49. The molecule has 19 heavy (non-hydrogen) atoms. The van der Waals surface area contributed by atoms with Gasteiger partial charge in [-0.2, -0.15) is 0 Å². The Kier molecular flexibility index (Phi) is 4.46. The summed E-state index contributed by atoms with van der Waals surface area (Å²) < 4.78 is 0. The molecular formula is C13H18N4O2. The van der Waals surface area contributed by atoms with Crippen molar-refractivity contribution in [1.82, 2.24) is 15.2 Å². The van der Waals surface area contributed by atoms with Crippen LogP contribution in [0, 0.1) is 0 Å². The number of carbonyl (C=O) groups is 2. The van der Waals surface area contributed by atoms with Crippen LogP contribution in [0.15, 0.2) is 24.4 Å². The molecule has 1 aromatic rings. The molecular weight excluding hydrogens is 244 g/mol. The summed E-state index contributed by atoms with van der Waals surface area (Å²) in [7, 11) is 0. The molecule has 2 rings (SSSR count). The third kappa shape index (κ3) is 3.51. The van der Waals surface area contributed by atoms with Crippen LogP contribution < -0.4 is 11.1 Å². The number of primary amides is 1. The second-order valence-corrected chi connectivity index (χ2v) is 4.60. The molecule has 0 bridgehead atoms. The van der Waals surface area contributed by atoms with E-state index in [1.54, 1.807) is 29.3 Å². The fraction of sp³-hybridized carbons (Fsp3) is 0.462. The highest BCUT2D eigenvalue weighted by molar-refractivity contribution is 5.94. The first-order valence-corrected chi connectivity index (χ1v) is 6.39. The molecule has 6 nitrogen and oxygen atoms in total. The SMILES string of the molecule is NC(=O)CN(C(=O)c1ccccn1)C1CCNCC1. The van der Waals surface area contributed by atoms with E-state index < -0.39 is 5.91 Å². The van der Waals surface area contributed by atoms with E-state index in [0.717, 1.165) is 25.9 Å². The maximum Gasteiger partial charge on any atom is 0.273 e. The van der Waals surface area contributed by atoms with Crippen LogP contribution in [0.5, 0.6) is 0 Å². The van der Waals surface area contributed by atoms with Gasteiger partial charge < -0.3 is 16.0 Å². The van der Waals surface area contributed by atoms with Crippen molar-refractivity contribution >= 4 is 11.8 Å². The summed E-state index contributed by atoms with van der Waals surface area (Å²) >= 11 is 0. The average molecular weight is 262 g/mol. The van der Waals surface area contributed by atoms with Crippen LogP contribution in [-0.4, -0.2) is 47.4 Å². The van der Waals surface area contributed by atoms with Crippen LogP contribution in [0.2, 0.25) is 0 Å². The maximum absolute atomic E-state index is 12.4. The molecule has 0 aliphatic carbocycles. The van der Waals surface area contributed by atoms with Gasteiger partial charge in [0.25, 0.3) is 5.91 Å². The number of hydrogen-bond acceptors (Lipinski definition) is 4. The summed E-state index contributed by atoms with van der Waals surface area (Å²) in [6.45, 7) is 1.63. The minimum atomic E-state index is -0.497. The molecule has 2 amide bonds. The van der Waals surface area contributed by atoms with E-state index in [1.165, 1.54) is 0 Å². The van der Waals surface area contributed by atoms with Crippen LogP contribution in [0.3, 0.4) is 0 Å². The van der Waals surface area contributed by atoms with Crippen molar-refractivity contribution in [3.8, 4) is 0 Å². The number of rotatable bonds is 4. The summed E-state index contributed by atoms with van der Waals surface area (Å²) in [6, 6.07) is 5.20. The van der Waals surface area contributed by atoms with Crippen molar-refractivity contribution in [3.05, 3.63) is 30.1 Å². The molecule has 102 valence electrons. The topological polar surface area (TPSA) is 88.3 Å². The number of nitrogens with zero attached hydrogens (tertiary/aromatic N) is 2. The van der Waals surface area contributed by atoms with Gasteiger partial charge in [0.2, 0.25) is 5.91 Å². The van der Waals surface area contributed by atoms with E-state index in [1.807, 2.05) is 0 Å². The van der Waals surface area contributed by atoms with Crippen molar-refractivity contribution in [2.75, 3.05) is 19.6 Å². The molecule has 1 aromatic heterocycles. The Bertz CT molecular complexity index is 443. The number of nitrogens with two attached hydrogens (primary N) is 1. The fourth-order valence-corrected chi connectivity index (χ4v) is 2.29. The van der Waals surface area contributed by atoms with Gasteiger partial charge in [-0.1, -0.05) is 6.07 Å². The molecule has 0 aromatic carbocycles. The van der Waals surface area contributed by atoms with Crippen molar-refractivity contribution in [3.63, 3.8) is 0 Å². The van der Waals surface area contributed by atoms with Crippen LogP contribution in [0.25, 0.3) is 0 Å².